The van der Waals surface area contributed by atoms with Crippen molar-refractivity contribution >= 4 is 22.4 Å². The van der Waals surface area contributed by atoms with E-state index in [9.17, 15) is 4.79 Å². The van der Waals surface area contributed by atoms with Crippen LogP contribution < -0.4 is 10.1 Å². The highest BCUT2D eigenvalue weighted by Gasteiger charge is 2.35. The first-order valence-electron chi connectivity index (χ1n) is 13.6. The molecule has 5 rings (SSSR count). The monoisotopic (exact) mass is 492 g/mol. The maximum absolute atomic E-state index is 13.9. The first-order valence-corrected chi connectivity index (χ1v) is 13.6. The lowest BCUT2D eigenvalue weighted by Gasteiger charge is -2.39. The quantitative estimate of drug-likeness (QED) is 0.216. The maximum Gasteiger partial charge on any atom is 0.257 e. The van der Waals surface area contributed by atoms with Gasteiger partial charge in [-0.2, -0.15) is 0 Å². The van der Waals surface area contributed by atoms with Gasteiger partial charge in [-0.1, -0.05) is 105 Å². The molecule has 4 heteroatoms. The molecule has 1 N–H and O–H groups in total. The van der Waals surface area contributed by atoms with E-state index in [2.05, 4.69) is 72.9 Å². The molecule has 1 amide bonds. The molecule has 4 aromatic carbocycles. The summed E-state index contributed by atoms with van der Waals surface area (Å²) in [5.41, 5.74) is 3.83. The van der Waals surface area contributed by atoms with Crippen molar-refractivity contribution in [3.8, 4) is 5.75 Å². The van der Waals surface area contributed by atoms with Crippen LogP contribution in [0.3, 0.4) is 0 Å². The lowest BCUT2D eigenvalue weighted by atomic mass is 9.97. The van der Waals surface area contributed by atoms with E-state index in [4.69, 9.17) is 4.74 Å². The average molecular weight is 493 g/mol. The second-order valence-corrected chi connectivity index (χ2v) is 9.79. The predicted molar refractivity (Wildman–Crippen MR) is 152 cm³/mol. The number of nitrogens with zero attached hydrogens (tertiary/aromatic N) is 1. The van der Waals surface area contributed by atoms with Gasteiger partial charge in [0.1, 0.15) is 11.9 Å². The number of anilines is 1. The molecule has 0 aromatic heterocycles. The molecular formula is C33H36N2O2. The summed E-state index contributed by atoms with van der Waals surface area (Å²) < 4.78 is 6.44. The van der Waals surface area contributed by atoms with E-state index in [0.717, 1.165) is 40.6 Å². The highest BCUT2D eigenvalue weighted by atomic mass is 16.5. The summed E-state index contributed by atoms with van der Waals surface area (Å²) in [7, 11) is 0. The van der Waals surface area contributed by atoms with Crippen LogP contribution in [0.1, 0.15) is 66.7 Å². The topological polar surface area (TPSA) is 41.6 Å². The fraction of sp³-hybridized carbons (Fsp3) is 0.303. The van der Waals surface area contributed by atoms with Gasteiger partial charge in [-0.15, -0.1) is 0 Å². The van der Waals surface area contributed by atoms with Gasteiger partial charge in [-0.25, -0.2) is 0 Å². The molecule has 1 aliphatic rings. The number of hydrogen-bond acceptors (Lipinski definition) is 3. The third kappa shape index (κ3) is 5.64. The van der Waals surface area contributed by atoms with Crippen LogP contribution in [0.15, 0.2) is 91.0 Å². The summed E-state index contributed by atoms with van der Waals surface area (Å²) in [6, 6.07) is 30.8. The van der Waals surface area contributed by atoms with Gasteiger partial charge in [0.15, 0.2) is 0 Å². The van der Waals surface area contributed by atoms with Gasteiger partial charge in [0.05, 0.1) is 12.2 Å². The van der Waals surface area contributed by atoms with Gasteiger partial charge in [-0.05, 0) is 47.4 Å². The molecule has 1 aliphatic heterocycles. The lowest BCUT2D eigenvalue weighted by Crippen LogP contribution is -2.44. The number of nitrogens with one attached hydrogen (secondary N) is 1. The number of para-hydroxylation sites is 1. The van der Waals surface area contributed by atoms with Crippen molar-refractivity contribution in [1.29, 1.82) is 0 Å². The number of carbonyl (C=O) groups is 1. The minimum Gasteiger partial charge on any atom is -0.493 e. The molecule has 0 radical (unpaired) electrons. The Hall–Kier alpha value is -3.79. The van der Waals surface area contributed by atoms with Crippen LogP contribution in [0.4, 0.5) is 5.69 Å². The van der Waals surface area contributed by atoms with Crippen LogP contribution in [0, 0.1) is 0 Å². The Kier molecular flexibility index (Phi) is 8.05. The third-order valence-electron chi connectivity index (χ3n) is 7.22. The fourth-order valence-electron chi connectivity index (χ4n) is 5.22. The summed E-state index contributed by atoms with van der Waals surface area (Å²) in [5, 5.41) is 5.96. The van der Waals surface area contributed by atoms with Crippen LogP contribution in [0.2, 0.25) is 0 Å². The molecule has 190 valence electrons. The number of ether oxygens (including phenoxy) is 1. The first-order chi connectivity index (χ1) is 18.3. The van der Waals surface area contributed by atoms with E-state index in [0.29, 0.717) is 18.7 Å². The van der Waals surface area contributed by atoms with Crippen molar-refractivity contribution in [3.05, 3.63) is 108 Å². The zero-order valence-corrected chi connectivity index (χ0v) is 21.7. The van der Waals surface area contributed by atoms with Gasteiger partial charge in [0.25, 0.3) is 5.91 Å². The Labute approximate surface area is 220 Å². The Morgan fingerprint density at radius 1 is 0.811 bits per heavy atom. The van der Waals surface area contributed by atoms with Crippen molar-refractivity contribution in [2.75, 3.05) is 18.5 Å². The Bertz CT molecular complexity index is 1330. The summed E-state index contributed by atoms with van der Waals surface area (Å²) in [4.78, 5) is 15.9. The second-order valence-electron chi connectivity index (χ2n) is 9.79. The number of fused-ring (bicyclic) bond motifs is 2. The number of hydrogen-bond donors (Lipinski definition) is 1. The van der Waals surface area contributed by atoms with Gasteiger partial charge in [-0.3, -0.25) is 4.79 Å². The lowest BCUT2D eigenvalue weighted by molar-refractivity contribution is 0.0684. The predicted octanol–water partition coefficient (Wildman–Crippen LogP) is 8.00. The van der Waals surface area contributed by atoms with Crippen LogP contribution in [-0.4, -0.2) is 24.0 Å². The normalized spacial score (nSPS) is 14.9. The SMILES string of the molecule is CCCCCCCOc1ccc2ccccc2c1C1Nc2ccccc2C(=O)N1CCc1ccccc1. The van der Waals surface area contributed by atoms with Gasteiger partial charge in [0.2, 0.25) is 0 Å². The number of amides is 1. The van der Waals surface area contributed by atoms with Crippen LogP contribution in [-0.2, 0) is 6.42 Å². The molecule has 0 aliphatic carbocycles. The molecule has 0 saturated carbocycles. The van der Waals surface area contributed by atoms with E-state index in [1.54, 1.807) is 0 Å². The number of benzene rings is 4. The second kappa shape index (κ2) is 12.0. The zero-order chi connectivity index (χ0) is 25.5. The molecule has 0 bridgehead atoms. The fourth-order valence-corrected chi connectivity index (χ4v) is 5.22. The van der Waals surface area contributed by atoms with Gasteiger partial charge < -0.3 is 15.0 Å². The average Bonchev–Trinajstić information content (AvgIpc) is 2.94. The molecule has 4 aromatic rings. The highest BCUT2D eigenvalue weighted by Crippen LogP contribution is 2.40. The smallest absolute Gasteiger partial charge is 0.257 e. The molecule has 0 fully saturated rings. The van der Waals surface area contributed by atoms with E-state index in [-0.39, 0.29) is 12.1 Å². The molecule has 37 heavy (non-hydrogen) atoms. The summed E-state index contributed by atoms with van der Waals surface area (Å²) in [5.74, 6) is 0.900. The minimum atomic E-state index is -0.327. The van der Waals surface area contributed by atoms with E-state index in [1.165, 1.54) is 31.2 Å². The Morgan fingerprint density at radius 3 is 2.43 bits per heavy atom. The number of carbonyl (C=O) groups excluding carboxylic acids is 1. The molecule has 1 heterocycles. The molecule has 0 spiro atoms. The summed E-state index contributed by atoms with van der Waals surface area (Å²) in [6.07, 6.45) is 6.41. The van der Waals surface area contributed by atoms with Crippen molar-refractivity contribution in [2.45, 2.75) is 51.6 Å². The number of rotatable bonds is 11. The Balaban J connectivity index is 1.51. The van der Waals surface area contributed by atoms with Crippen LogP contribution in [0.25, 0.3) is 10.8 Å². The molecule has 0 saturated heterocycles. The Morgan fingerprint density at radius 2 is 1.57 bits per heavy atom. The van der Waals surface area contributed by atoms with E-state index >= 15 is 0 Å². The van der Waals surface area contributed by atoms with Crippen LogP contribution in [0.5, 0.6) is 5.75 Å². The molecular weight excluding hydrogens is 456 g/mol. The minimum absolute atomic E-state index is 0.0498. The van der Waals surface area contributed by atoms with Gasteiger partial charge in [0, 0.05) is 17.8 Å². The third-order valence-corrected chi connectivity index (χ3v) is 7.22. The van der Waals surface area contributed by atoms with Crippen molar-refractivity contribution < 1.29 is 9.53 Å². The standard InChI is InChI=1S/C33H36N2O2/c1-2-3-4-5-13-24-37-30-21-20-26-16-9-10-17-27(26)31(30)32-34-29-19-12-11-18-28(29)33(36)35(32)23-22-25-14-7-6-8-15-25/h6-12,14-21,32,34H,2-5,13,22-24H2,1H3. The summed E-state index contributed by atoms with van der Waals surface area (Å²) >= 11 is 0. The van der Waals surface area contributed by atoms with Crippen molar-refractivity contribution in [2.24, 2.45) is 0 Å². The van der Waals surface area contributed by atoms with E-state index in [1.807, 2.05) is 35.2 Å². The first kappa shape index (κ1) is 24.9. The van der Waals surface area contributed by atoms with Crippen molar-refractivity contribution in [1.82, 2.24) is 4.90 Å². The van der Waals surface area contributed by atoms with Crippen LogP contribution >= 0.6 is 0 Å². The highest BCUT2D eigenvalue weighted by molar-refractivity contribution is 6.02. The summed E-state index contributed by atoms with van der Waals surface area (Å²) in [6.45, 7) is 3.52. The zero-order valence-electron chi connectivity index (χ0n) is 21.7. The van der Waals surface area contributed by atoms with Gasteiger partial charge >= 0.3 is 0 Å². The maximum atomic E-state index is 13.9. The molecule has 1 atom stereocenters. The largest absolute Gasteiger partial charge is 0.493 e. The molecule has 1 unspecified atom stereocenters. The number of unbranched alkanes of at least 4 members (excludes halogenated alkanes) is 4. The van der Waals surface area contributed by atoms with Crippen molar-refractivity contribution in [3.63, 3.8) is 0 Å². The molecule has 4 nitrogen and oxygen atoms in total. The van der Waals surface area contributed by atoms with E-state index < -0.39 is 0 Å².